The molecule has 0 spiro atoms. The summed E-state index contributed by atoms with van der Waals surface area (Å²) in [5, 5.41) is 13.1. The largest absolute Gasteiger partial charge is 0.480 e. The van der Waals surface area contributed by atoms with Crippen LogP contribution < -0.4 is 0 Å². The van der Waals surface area contributed by atoms with Gasteiger partial charge in [0, 0.05) is 19.8 Å². The van der Waals surface area contributed by atoms with Gasteiger partial charge in [0.05, 0.1) is 0 Å². The summed E-state index contributed by atoms with van der Waals surface area (Å²) in [7, 11) is 1.70. The molecule has 6 heteroatoms. The van der Waals surface area contributed by atoms with Crippen molar-refractivity contribution in [2.45, 2.75) is 26.3 Å². The van der Waals surface area contributed by atoms with Gasteiger partial charge in [0.1, 0.15) is 11.2 Å². The van der Waals surface area contributed by atoms with Gasteiger partial charge in [0.15, 0.2) is 0 Å². The van der Waals surface area contributed by atoms with E-state index in [9.17, 15) is 9.59 Å². The van der Waals surface area contributed by atoms with Gasteiger partial charge in [-0.15, -0.1) is 0 Å². The van der Waals surface area contributed by atoms with Crippen LogP contribution in [0.1, 0.15) is 31.3 Å². The Morgan fingerprint density at radius 2 is 2.12 bits per heavy atom. The van der Waals surface area contributed by atoms with Crippen molar-refractivity contribution in [3.63, 3.8) is 0 Å². The number of likely N-dealkylation sites (N-methyl/N-ethyl adjacent to an activating group) is 1. The first-order valence-corrected chi connectivity index (χ1v) is 5.35. The highest BCUT2D eigenvalue weighted by molar-refractivity contribution is 5.96. The van der Waals surface area contributed by atoms with E-state index in [1.807, 2.05) is 0 Å². The van der Waals surface area contributed by atoms with Crippen LogP contribution in [0.5, 0.6) is 0 Å². The van der Waals surface area contributed by atoms with E-state index in [2.05, 4.69) is 5.10 Å². The number of aromatic nitrogens is 2. The first-order valence-electron chi connectivity index (χ1n) is 5.35. The summed E-state index contributed by atoms with van der Waals surface area (Å²) in [4.78, 5) is 24.6. The van der Waals surface area contributed by atoms with Crippen molar-refractivity contribution in [2.24, 2.45) is 7.05 Å². The SMILES string of the molecule is CCN(C(=O)c1ccn(C)n1)C(C)(C)C(=O)O. The fourth-order valence-electron chi connectivity index (χ4n) is 1.58. The van der Waals surface area contributed by atoms with Crippen LogP contribution in [0.15, 0.2) is 12.3 Å². The Labute approximate surface area is 99.8 Å². The van der Waals surface area contributed by atoms with Crippen molar-refractivity contribution >= 4 is 11.9 Å². The van der Waals surface area contributed by atoms with Crippen LogP contribution in [0.4, 0.5) is 0 Å². The number of hydrogen-bond acceptors (Lipinski definition) is 3. The van der Waals surface area contributed by atoms with Gasteiger partial charge >= 0.3 is 5.97 Å². The molecular formula is C11H17N3O3. The molecule has 0 aliphatic carbocycles. The van der Waals surface area contributed by atoms with Crippen molar-refractivity contribution in [1.82, 2.24) is 14.7 Å². The van der Waals surface area contributed by atoms with Gasteiger partial charge in [-0.25, -0.2) is 4.79 Å². The van der Waals surface area contributed by atoms with E-state index in [4.69, 9.17) is 5.11 Å². The lowest BCUT2D eigenvalue weighted by atomic mass is 10.0. The summed E-state index contributed by atoms with van der Waals surface area (Å²) in [5.74, 6) is -1.41. The zero-order valence-corrected chi connectivity index (χ0v) is 10.5. The summed E-state index contributed by atoms with van der Waals surface area (Å²) in [6.07, 6.45) is 1.65. The molecule has 6 nitrogen and oxygen atoms in total. The maximum absolute atomic E-state index is 12.1. The zero-order valence-electron chi connectivity index (χ0n) is 10.5. The van der Waals surface area contributed by atoms with E-state index >= 15 is 0 Å². The maximum atomic E-state index is 12.1. The molecule has 0 unspecified atom stereocenters. The molecule has 0 saturated heterocycles. The molecule has 0 radical (unpaired) electrons. The maximum Gasteiger partial charge on any atom is 0.329 e. The van der Waals surface area contributed by atoms with Crippen molar-refractivity contribution < 1.29 is 14.7 Å². The summed E-state index contributed by atoms with van der Waals surface area (Å²) in [6.45, 7) is 5.06. The van der Waals surface area contributed by atoms with Gasteiger partial charge in [-0.1, -0.05) is 0 Å². The number of amides is 1. The lowest BCUT2D eigenvalue weighted by Crippen LogP contribution is -2.53. The summed E-state index contributed by atoms with van der Waals surface area (Å²) >= 11 is 0. The van der Waals surface area contributed by atoms with Crippen molar-refractivity contribution in [3.05, 3.63) is 18.0 Å². The number of hydrogen-bond donors (Lipinski definition) is 1. The molecule has 1 heterocycles. The number of carbonyl (C=O) groups is 2. The number of nitrogens with zero attached hydrogens (tertiary/aromatic N) is 3. The molecule has 1 rings (SSSR count). The first kappa shape index (κ1) is 13.2. The molecule has 0 aliphatic heterocycles. The van der Waals surface area contributed by atoms with Gasteiger partial charge in [-0.2, -0.15) is 5.10 Å². The Bertz CT molecular complexity index is 437. The van der Waals surface area contributed by atoms with E-state index in [1.54, 1.807) is 26.2 Å². The van der Waals surface area contributed by atoms with Gasteiger partial charge in [0.25, 0.3) is 5.91 Å². The molecule has 1 aromatic rings. The molecular weight excluding hydrogens is 222 g/mol. The average Bonchev–Trinajstić information content (AvgIpc) is 2.65. The predicted molar refractivity (Wildman–Crippen MR) is 61.6 cm³/mol. The molecule has 0 aromatic carbocycles. The fourth-order valence-corrected chi connectivity index (χ4v) is 1.58. The number of aryl methyl sites for hydroxylation is 1. The van der Waals surface area contributed by atoms with E-state index in [0.717, 1.165) is 0 Å². The Morgan fingerprint density at radius 3 is 2.47 bits per heavy atom. The van der Waals surface area contributed by atoms with Crippen molar-refractivity contribution in [3.8, 4) is 0 Å². The minimum Gasteiger partial charge on any atom is -0.480 e. The minimum absolute atomic E-state index is 0.253. The highest BCUT2D eigenvalue weighted by atomic mass is 16.4. The smallest absolute Gasteiger partial charge is 0.329 e. The standard InChI is InChI=1S/C11H17N3O3/c1-5-14(11(2,3)10(16)17)9(15)8-6-7-13(4)12-8/h6-7H,5H2,1-4H3,(H,16,17). The minimum atomic E-state index is -1.25. The Balaban J connectivity index is 3.04. The highest BCUT2D eigenvalue weighted by Crippen LogP contribution is 2.17. The molecule has 1 amide bonds. The molecule has 94 valence electrons. The van der Waals surface area contributed by atoms with Crippen LogP contribution in [-0.4, -0.2) is 43.7 Å². The number of rotatable bonds is 4. The van der Waals surface area contributed by atoms with Crippen LogP contribution in [0.2, 0.25) is 0 Å². The van der Waals surface area contributed by atoms with E-state index in [-0.39, 0.29) is 11.6 Å². The van der Waals surface area contributed by atoms with Gasteiger partial charge in [-0.05, 0) is 26.8 Å². The van der Waals surface area contributed by atoms with E-state index < -0.39 is 11.5 Å². The number of carboxylic acids is 1. The van der Waals surface area contributed by atoms with Crippen LogP contribution in [0, 0.1) is 0 Å². The molecule has 0 saturated carbocycles. The van der Waals surface area contributed by atoms with Crippen LogP contribution in [0.3, 0.4) is 0 Å². The zero-order chi connectivity index (χ0) is 13.2. The van der Waals surface area contributed by atoms with Gasteiger partial charge in [0.2, 0.25) is 0 Å². The number of aliphatic carboxylic acids is 1. The van der Waals surface area contributed by atoms with Gasteiger partial charge < -0.3 is 10.0 Å². The topological polar surface area (TPSA) is 75.4 Å². The van der Waals surface area contributed by atoms with Gasteiger partial charge in [-0.3, -0.25) is 9.48 Å². The van der Waals surface area contributed by atoms with Crippen molar-refractivity contribution in [1.29, 1.82) is 0 Å². The number of carbonyl (C=O) groups excluding carboxylic acids is 1. The monoisotopic (exact) mass is 239 g/mol. The molecule has 1 N–H and O–H groups in total. The molecule has 0 aliphatic rings. The van der Waals surface area contributed by atoms with Crippen LogP contribution >= 0.6 is 0 Å². The molecule has 0 atom stereocenters. The Hall–Kier alpha value is -1.85. The van der Waals surface area contributed by atoms with Crippen LogP contribution in [-0.2, 0) is 11.8 Å². The predicted octanol–water partition coefficient (Wildman–Crippen LogP) is 0.745. The normalized spacial score (nSPS) is 11.3. The lowest BCUT2D eigenvalue weighted by Gasteiger charge is -2.33. The van der Waals surface area contributed by atoms with Crippen LogP contribution in [0.25, 0.3) is 0 Å². The second kappa shape index (κ2) is 4.57. The Kier molecular flexibility index (Phi) is 3.55. The highest BCUT2D eigenvalue weighted by Gasteiger charge is 2.37. The average molecular weight is 239 g/mol. The lowest BCUT2D eigenvalue weighted by molar-refractivity contribution is -0.147. The van der Waals surface area contributed by atoms with Crippen molar-refractivity contribution in [2.75, 3.05) is 6.54 Å². The quantitative estimate of drug-likeness (QED) is 0.841. The second-order valence-electron chi connectivity index (χ2n) is 4.29. The van der Waals surface area contributed by atoms with E-state index in [0.29, 0.717) is 6.54 Å². The van der Waals surface area contributed by atoms with E-state index in [1.165, 1.54) is 23.4 Å². The molecule has 0 bridgehead atoms. The third kappa shape index (κ3) is 2.46. The Morgan fingerprint density at radius 1 is 1.53 bits per heavy atom. The number of carboxylic acid groups (broad SMARTS) is 1. The first-order chi connectivity index (χ1) is 7.80. The summed E-state index contributed by atoms with van der Waals surface area (Å²) in [5.41, 5.74) is -0.993. The molecule has 0 fully saturated rings. The molecule has 17 heavy (non-hydrogen) atoms. The third-order valence-electron chi connectivity index (χ3n) is 2.69. The third-order valence-corrected chi connectivity index (χ3v) is 2.69. The fraction of sp³-hybridized carbons (Fsp3) is 0.545. The summed E-state index contributed by atoms with van der Waals surface area (Å²) in [6, 6.07) is 1.57. The summed E-state index contributed by atoms with van der Waals surface area (Å²) < 4.78 is 1.51. The molecule has 1 aromatic heterocycles. The second-order valence-corrected chi connectivity index (χ2v) is 4.29.